The molecule has 1 fully saturated rings. The number of rotatable bonds is 6. The Morgan fingerprint density at radius 1 is 0.939 bits per heavy atom. The lowest BCUT2D eigenvalue weighted by Gasteiger charge is -2.35. The van der Waals surface area contributed by atoms with Crippen molar-refractivity contribution in [3.8, 4) is 0 Å². The lowest BCUT2D eigenvalue weighted by molar-refractivity contribution is 0.0640. The zero-order valence-corrected chi connectivity index (χ0v) is 18.1. The Bertz CT molecular complexity index is 1270. The van der Waals surface area contributed by atoms with Crippen LogP contribution < -0.4 is 0 Å². The van der Waals surface area contributed by atoms with Gasteiger partial charge in [0.25, 0.3) is 5.91 Å². The van der Waals surface area contributed by atoms with E-state index in [0.717, 1.165) is 37.1 Å². The maximum Gasteiger partial charge on any atom is 0.254 e. The number of hydrogen-bond donors (Lipinski definition) is 1. The van der Waals surface area contributed by atoms with Gasteiger partial charge >= 0.3 is 0 Å². The van der Waals surface area contributed by atoms with Gasteiger partial charge in [0.1, 0.15) is 5.82 Å². The third-order valence-electron chi connectivity index (χ3n) is 6.22. The quantitative estimate of drug-likeness (QED) is 0.453. The van der Waals surface area contributed by atoms with Gasteiger partial charge in [-0.1, -0.05) is 18.2 Å². The fourth-order valence-electron chi connectivity index (χ4n) is 4.37. The Kier molecular flexibility index (Phi) is 5.79. The Balaban J connectivity index is 1.28. The van der Waals surface area contributed by atoms with E-state index in [1.807, 2.05) is 29.2 Å². The van der Waals surface area contributed by atoms with Crippen LogP contribution in [0.5, 0.6) is 0 Å². The first-order valence-electron chi connectivity index (χ1n) is 11.0. The van der Waals surface area contributed by atoms with Gasteiger partial charge in [-0.2, -0.15) is 0 Å². The summed E-state index contributed by atoms with van der Waals surface area (Å²) in [6.07, 6.45) is 3.94. The van der Waals surface area contributed by atoms with Gasteiger partial charge in [-0.25, -0.2) is 4.39 Å². The molecule has 3 heterocycles. The summed E-state index contributed by atoms with van der Waals surface area (Å²) in [6.45, 7) is 3.64. The van der Waals surface area contributed by atoms with Crippen LogP contribution in [0.1, 0.15) is 32.0 Å². The number of carbonyl (C=O) groups is 2. The molecule has 168 valence electrons. The maximum atomic E-state index is 13.4. The van der Waals surface area contributed by atoms with Crippen molar-refractivity contribution in [2.24, 2.45) is 0 Å². The second-order valence-electron chi connectivity index (χ2n) is 8.25. The number of nitrogens with zero attached hydrogens (tertiary/aromatic N) is 2. The first-order valence-corrected chi connectivity index (χ1v) is 11.0. The van der Waals surface area contributed by atoms with Crippen LogP contribution in [0.4, 0.5) is 4.39 Å². The minimum Gasteiger partial charge on any atom is -0.461 e. The molecular formula is C26H24FN3O3. The minimum atomic E-state index is -0.253. The van der Waals surface area contributed by atoms with Gasteiger partial charge in [-0.15, -0.1) is 0 Å². The highest BCUT2D eigenvalue weighted by Crippen LogP contribution is 2.26. The van der Waals surface area contributed by atoms with Crippen LogP contribution >= 0.6 is 0 Å². The molecule has 1 saturated heterocycles. The fraction of sp³-hybridized carbons (Fsp3) is 0.231. The molecule has 2 aromatic carbocycles. The molecule has 33 heavy (non-hydrogen) atoms. The SMILES string of the molecule is O=C(c1ccco1)c1c[nH]c2cccc(C(=O)N3CCN(CCc4ccc(F)cc4)CC3)c12. The van der Waals surface area contributed by atoms with Crippen molar-refractivity contribution < 1.29 is 18.4 Å². The van der Waals surface area contributed by atoms with Gasteiger partial charge in [0.2, 0.25) is 5.78 Å². The predicted octanol–water partition coefficient (Wildman–Crippen LogP) is 4.13. The average Bonchev–Trinajstić information content (AvgIpc) is 3.54. The van der Waals surface area contributed by atoms with Crippen molar-refractivity contribution in [2.75, 3.05) is 32.7 Å². The van der Waals surface area contributed by atoms with Crippen molar-refractivity contribution in [2.45, 2.75) is 6.42 Å². The Morgan fingerprint density at radius 3 is 2.45 bits per heavy atom. The second kappa shape index (κ2) is 9.03. The molecule has 1 aliphatic rings. The maximum absolute atomic E-state index is 13.4. The summed E-state index contributed by atoms with van der Waals surface area (Å²) in [5.74, 6) is -0.311. The molecule has 0 unspecified atom stereocenters. The largest absolute Gasteiger partial charge is 0.461 e. The van der Waals surface area contributed by atoms with Crippen molar-refractivity contribution >= 4 is 22.6 Å². The molecular weight excluding hydrogens is 421 g/mol. The van der Waals surface area contributed by atoms with E-state index < -0.39 is 0 Å². The second-order valence-corrected chi connectivity index (χ2v) is 8.25. The molecule has 4 aromatic rings. The van der Waals surface area contributed by atoms with Crippen molar-refractivity contribution in [1.82, 2.24) is 14.8 Å². The molecule has 0 radical (unpaired) electrons. The van der Waals surface area contributed by atoms with E-state index in [0.29, 0.717) is 29.6 Å². The zero-order valence-electron chi connectivity index (χ0n) is 18.1. The predicted molar refractivity (Wildman–Crippen MR) is 123 cm³/mol. The van der Waals surface area contributed by atoms with Gasteiger partial charge in [0, 0.05) is 55.4 Å². The lowest BCUT2D eigenvalue weighted by Crippen LogP contribution is -2.49. The van der Waals surface area contributed by atoms with Crippen LogP contribution in [0.3, 0.4) is 0 Å². The van der Waals surface area contributed by atoms with Crippen LogP contribution in [0, 0.1) is 5.82 Å². The van der Waals surface area contributed by atoms with Crippen molar-refractivity contribution in [1.29, 1.82) is 0 Å². The minimum absolute atomic E-state index is 0.0770. The number of amides is 1. The highest BCUT2D eigenvalue weighted by molar-refractivity contribution is 6.19. The Labute approximate surface area is 190 Å². The summed E-state index contributed by atoms with van der Waals surface area (Å²) in [5.41, 5.74) is 2.79. The number of aromatic amines is 1. The van der Waals surface area contributed by atoms with E-state index in [4.69, 9.17) is 4.42 Å². The third kappa shape index (κ3) is 4.32. The smallest absolute Gasteiger partial charge is 0.254 e. The first kappa shape index (κ1) is 21.2. The Morgan fingerprint density at radius 2 is 1.73 bits per heavy atom. The molecule has 1 N–H and O–H groups in total. The topological polar surface area (TPSA) is 69.5 Å². The highest BCUT2D eigenvalue weighted by Gasteiger charge is 2.26. The van der Waals surface area contributed by atoms with Crippen molar-refractivity contribution in [3.63, 3.8) is 0 Å². The number of furan rings is 1. The zero-order chi connectivity index (χ0) is 22.8. The van der Waals surface area contributed by atoms with Gasteiger partial charge in [0.15, 0.2) is 5.76 Å². The number of ketones is 1. The number of aromatic nitrogens is 1. The molecule has 0 bridgehead atoms. The number of H-pyrrole nitrogens is 1. The number of hydrogen-bond acceptors (Lipinski definition) is 4. The molecule has 2 aromatic heterocycles. The molecule has 0 aliphatic carbocycles. The van der Waals surface area contributed by atoms with Gasteiger partial charge in [0.05, 0.1) is 11.8 Å². The summed E-state index contributed by atoms with van der Waals surface area (Å²) in [7, 11) is 0. The number of fused-ring (bicyclic) bond motifs is 1. The van der Waals surface area contributed by atoms with Crippen LogP contribution in [0.15, 0.2) is 71.5 Å². The monoisotopic (exact) mass is 445 g/mol. The van der Waals surface area contributed by atoms with E-state index in [1.54, 1.807) is 24.4 Å². The number of carbonyl (C=O) groups excluding carboxylic acids is 2. The van der Waals surface area contributed by atoms with Gasteiger partial charge in [-0.05, 0) is 48.4 Å². The average molecular weight is 445 g/mol. The Hall–Kier alpha value is -3.71. The number of piperazine rings is 1. The summed E-state index contributed by atoms with van der Waals surface area (Å²) in [5, 5.41) is 0.627. The normalized spacial score (nSPS) is 14.6. The van der Waals surface area contributed by atoms with E-state index in [9.17, 15) is 14.0 Å². The van der Waals surface area contributed by atoms with Crippen molar-refractivity contribution in [3.05, 3.63) is 95.3 Å². The van der Waals surface area contributed by atoms with Crippen LogP contribution in [-0.4, -0.2) is 59.2 Å². The molecule has 0 spiro atoms. The first-order chi connectivity index (χ1) is 16.1. The number of halogens is 1. The van der Waals surface area contributed by atoms with Crippen LogP contribution in [-0.2, 0) is 6.42 Å². The number of nitrogens with one attached hydrogen (secondary N) is 1. The van der Waals surface area contributed by atoms with Gasteiger partial charge < -0.3 is 14.3 Å². The fourth-order valence-corrected chi connectivity index (χ4v) is 4.37. The highest BCUT2D eigenvalue weighted by atomic mass is 19.1. The molecule has 1 amide bonds. The van der Waals surface area contributed by atoms with Crippen LogP contribution in [0.25, 0.3) is 10.9 Å². The van der Waals surface area contributed by atoms with E-state index >= 15 is 0 Å². The molecule has 0 saturated carbocycles. The summed E-state index contributed by atoms with van der Waals surface area (Å²) >= 11 is 0. The summed E-state index contributed by atoms with van der Waals surface area (Å²) in [6, 6.07) is 15.3. The van der Waals surface area contributed by atoms with Gasteiger partial charge in [-0.3, -0.25) is 14.5 Å². The number of benzene rings is 2. The molecule has 0 atom stereocenters. The molecule has 1 aliphatic heterocycles. The molecule has 5 rings (SSSR count). The summed E-state index contributed by atoms with van der Waals surface area (Å²) < 4.78 is 18.4. The lowest BCUT2D eigenvalue weighted by atomic mass is 10.0. The van der Waals surface area contributed by atoms with E-state index in [1.165, 1.54) is 18.4 Å². The molecule has 7 heteroatoms. The standard InChI is InChI=1S/C26H24FN3O3/c27-19-8-6-18(7-9-19)10-11-29-12-14-30(15-13-29)26(32)20-3-1-4-22-24(20)21(17-28-22)25(31)23-5-2-16-33-23/h1-9,16-17,28H,10-15H2. The third-order valence-corrected chi connectivity index (χ3v) is 6.22. The van der Waals surface area contributed by atoms with Crippen LogP contribution in [0.2, 0.25) is 0 Å². The molecule has 6 nitrogen and oxygen atoms in total. The summed E-state index contributed by atoms with van der Waals surface area (Å²) in [4.78, 5) is 33.6. The van der Waals surface area contributed by atoms with E-state index in [-0.39, 0.29) is 23.3 Å². The van der Waals surface area contributed by atoms with E-state index in [2.05, 4.69) is 9.88 Å².